The zero-order chi connectivity index (χ0) is 17.1. The monoisotopic (exact) mass is 338 g/mol. The van der Waals surface area contributed by atoms with Crippen LogP contribution in [0.5, 0.6) is 0 Å². The van der Waals surface area contributed by atoms with Crippen LogP contribution in [0.15, 0.2) is 0 Å². The number of nitrogens with zero attached hydrogens (tertiary/aromatic N) is 2. The van der Waals surface area contributed by atoms with Crippen LogP contribution in [0.25, 0.3) is 0 Å². The van der Waals surface area contributed by atoms with E-state index in [0.717, 1.165) is 0 Å². The summed E-state index contributed by atoms with van der Waals surface area (Å²) in [7, 11) is 0. The smallest absolute Gasteiger partial charge is 0.0788 e. The van der Waals surface area contributed by atoms with E-state index in [9.17, 15) is 0 Å². The van der Waals surface area contributed by atoms with E-state index in [2.05, 4.69) is 13.8 Å². The quantitative estimate of drug-likeness (QED) is 0.313. The average molecular weight is 339 g/mol. The summed E-state index contributed by atoms with van der Waals surface area (Å²) >= 11 is 0. The summed E-state index contributed by atoms with van der Waals surface area (Å²) in [4.78, 5) is 0. The Morgan fingerprint density at radius 1 is 0.458 bits per heavy atom. The van der Waals surface area contributed by atoms with Crippen LogP contribution in [0.4, 0.5) is 0 Å². The molecule has 142 valence electrons. The predicted octanol–water partition coefficient (Wildman–Crippen LogP) is 5.37. The van der Waals surface area contributed by atoms with Crippen LogP contribution in [0.1, 0.15) is 90.9 Å². The van der Waals surface area contributed by atoms with Gasteiger partial charge in [0.15, 0.2) is 0 Å². The minimum atomic E-state index is 1.37. The normalized spacial score (nSPS) is 22.2. The van der Waals surface area contributed by atoms with Gasteiger partial charge in [0.25, 0.3) is 0 Å². The average Bonchev–Trinajstić information content (AvgIpc) is 3.25. The van der Waals surface area contributed by atoms with Gasteiger partial charge in [-0.1, -0.05) is 26.7 Å². The van der Waals surface area contributed by atoms with E-state index in [1.165, 1.54) is 138 Å². The van der Waals surface area contributed by atoms with Gasteiger partial charge in [0.1, 0.15) is 0 Å². The van der Waals surface area contributed by atoms with Gasteiger partial charge in [-0.25, -0.2) is 0 Å². The molecule has 0 bridgehead atoms. The third-order valence-electron chi connectivity index (χ3n) is 7.02. The molecular formula is C22H46N2+2. The van der Waals surface area contributed by atoms with Gasteiger partial charge >= 0.3 is 0 Å². The summed E-state index contributed by atoms with van der Waals surface area (Å²) < 4.78 is 2.95. The van der Waals surface area contributed by atoms with Crippen molar-refractivity contribution < 1.29 is 8.97 Å². The fourth-order valence-electron chi connectivity index (χ4n) is 5.37. The highest BCUT2D eigenvalue weighted by molar-refractivity contribution is 4.58. The largest absolute Gasteiger partial charge is 0.324 e. The summed E-state index contributed by atoms with van der Waals surface area (Å²) in [5.41, 5.74) is 0. The zero-order valence-electron chi connectivity index (χ0n) is 17.0. The van der Waals surface area contributed by atoms with Crippen molar-refractivity contribution in [3.05, 3.63) is 0 Å². The van der Waals surface area contributed by atoms with Crippen molar-refractivity contribution in [1.82, 2.24) is 0 Å². The molecule has 0 aromatic carbocycles. The van der Waals surface area contributed by atoms with Crippen LogP contribution in [0.3, 0.4) is 0 Å². The van der Waals surface area contributed by atoms with Gasteiger partial charge in [-0.15, -0.1) is 0 Å². The Kier molecular flexibility index (Phi) is 9.11. The minimum Gasteiger partial charge on any atom is -0.324 e. The molecule has 0 amide bonds. The molecule has 2 nitrogen and oxygen atoms in total. The van der Waals surface area contributed by atoms with E-state index in [1.54, 1.807) is 0 Å². The zero-order valence-corrected chi connectivity index (χ0v) is 17.0. The fourth-order valence-corrected chi connectivity index (χ4v) is 5.37. The maximum absolute atomic E-state index is 2.35. The van der Waals surface area contributed by atoms with Crippen LogP contribution < -0.4 is 0 Å². The maximum atomic E-state index is 2.35. The Morgan fingerprint density at radius 3 is 1.12 bits per heavy atom. The number of rotatable bonds is 13. The summed E-state index contributed by atoms with van der Waals surface area (Å²) in [6.45, 7) is 16.5. The van der Waals surface area contributed by atoms with Gasteiger partial charge in [0.2, 0.25) is 0 Å². The maximum Gasteiger partial charge on any atom is 0.0788 e. The first-order chi connectivity index (χ1) is 11.7. The van der Waals surface area contributed by atoms with Crippen molar-refractivity contribution in [2.75, 3.05) is 52.4 Å². The molecule has 2 heteroatoms. The molecule has 2 fully saturated rings. The Hall–Kier alpha value is -0.0800. The molecule has 0 aromatic heterocycles. The molecule has 0 radical (unpaired) electrons. The Bertz CT molecular complexity index is 282. The molecule has 2 saturated heterocycles. The summed E-state index contributed by atoms with van der Waals surface area (Å²) in [6.07, 6.45) is 17.5. The number of likely N-dealkylation sites (tertiary alicyclic amines) is 2. The highest BCUT2D eigenvalue weighted by Crippen LogP contribution is 2.24. The van der Waals surface area contributed by atoms with Crippen LogP contribution in [-0.2, 0) is 0 Å². The Balaban J connectivity index is 1.60. The lowest BCUT2D eigenvalue weighted by Gasteiger charge is -2.35. The Morgan fingerprint density at radius 2 is 0.792 bits per heavy atom. The van der Waals surface area contributed by atoms with E-state index in [1.807, 2.05) is 0 Å². The standard InChI is InChI=1S/C22H46N2/c1-3-5-15-23(19-11-12-20-23)17-9-7-8-10-18-24(16-6-4-2)21-13-14-22-24/h3-22H2,1-2H3/q+2. The van der Waals surface area contributed by atoms with E-state index >= 15 is 0 Å². The summed E-state index contributed by atoms with van der Waals surface area (Å²) in [5.74, 6) is 0. The fraction of sp³-hybridized carbons (Fsp3) is 1.00. The second-order valence-electron chi connectivity index (χ2n) is 9.01. The van der Waals surface area contributed by atoms with E-state index < -0.39 is 0 Å². The summed E-state index contributed by atoms with van der Waals surface area (Å²) in [6, 6.07) is 0. The molecular weight excluding hydrogens is 292 g/mol. The highest BCUT2D eigenvalue weighted by atomic mass is 15.4. The highest BCUT2D eigenvalue weighted by Gasteiger charge is 2.31. The minimum absolute atomic E-state index is 1.37. The lowest BCUT2D eigenvalue weighted by atomic mass is 10.1. The van der Waals surface area contributed by atoms with Crippen LogP contribution in [0, 0.1) is 0 Å². The van der Waals surface area contributed by atoms with E-state index in [-0.39, 0.29) is 0 Å². The van der Waals surface area contributed by atoms with Gasteiger partial charge in [0.05, 0.1) is 52.4 Å². The van der Waals surface area contributed by atoms with E-state index in [0.29, 0.717) is 0 Å². The lowest BCUT2D eigenvalue weighted by molar-refractivity contribution is -0.917. The lowest BCUT2D eigenvalue weighted by Crippen LogP contribution is -2.47. The topological polar surface area (TPSA) is 0 Å². The molecule has 0 spiro atoms. The van der Waals surface area contributed by atoms with Gasteiger partial charge in [-0.05, 0) is 38.5 Å². The summed E-state index contributed by atoms with van der Waals surface area (Å²) in [5, 5.41) is 0. The first kappa shape index (κ1) is 20.2. The van der Waals surface area contributed by atoms with Crippen LogP contribution in [-0.4, -0.2) is 61.3 Å². The molecule has 0 aliphatic carbocycles. The molecule has 0 atom stereocenters. The second kappa shape index (κ2) is 10.8. The molecule has 0 saturated carbocycles. The number of unbranched alkanes of at least 4 members (excludes halogenated alkanes) is 5. The number of quaternary nitrogens is 2. The third-order valence-corrected chi connectivity index (χ3v) is 7.02. The van der Waals surface area contributed by atoms with Crippen molar-refractivity contribution in [3.63, 3.8) is 0 Å². The van der Waals surface area contributed by atoms with Crippen LogP contribution in [0.2, 0.25) is 0 Å². The molecule has 0 unspecified atom stereocenters. The molecule has 2 aliphatic heterocycles. The molecule has 2 aliphatic rings. The van der Waals surface area contributed by atoms with Crippen LogP contribution >= 0.6 is 0 Å². The van der Waals surface area contributed by atoms with Gasteiger partial charge in [0, 0.05) is 25.7 Å². The van der Waals surface area contributed by atoms with Gasteiger partial charge < -0.3 is 8.97 Å². The first-order valence-corrected chi connectivity index (χ1v) is 11.4. The molecule has 2 rings (SSSR count). The van der Waals surface area contributed by atoms with Crippen molar-refractivity contribution in [2.45, 2.75) is 90.9 Å². The van der Waals surface area contributed by atoms with Gasteiger partial charge in [-0.3, -0.25) is 0 Å². The number of hydrogen-bond donors (Lipinski definition) is 0. The van der Waals surface area contributed by atoms with Crippen molar-refractivity contribution in [1.29, 1.82) is 0 Å². The SMILES string of the molecule is CCCC[N+]1(CCCCCC[N+]2(CCCC)CCCC2)CCCC1. The van der Waals surface area contributed by atoms with Crippen molar-refractivity contribution in [3.8, 4) is 0 Å². The van der Waals surface area contributed by atoms with E-state index in [4.69, 9.17) is 0 Å². The second-order valence-corrected chi connectivity index (χ2v) is 9.01. The molecule has 2 heterocycles. The Labute approximate surface area is 152 Å². The third kappa shape index (κ3) is 6.33. The van der Waals surface area contributed by atoms with Crippen molar-refractivity contribution in [2.24, 2.45) is 0 Å². The predicted molar refractivity (Wildman–Crippen MR) is 106 cm³/mol. The first-order valence-electron chi connectivity index (χ1n) is 11.4. The molecule has 0 aromatic rings. The number of hydrogen-bond acceptors (Lipinski definition) is 0. The van der Waals surface area contributed by atoms with Gasteiger partial charge in [-0.2, -0.15) is 0 Å². The molecule has 0 N–H and O–H groups in total. The molecule has 24 heavy (non-hydrogen) atoms. The van der Waals surface area contributed by atoms with Crippen molar-refractivity contribution >= 4 is 0 Å².